The van der Waals surface area contributed by atoms with Crippen LogP contribution in [0.4, 0.5) is 0 Å². The van der Waals surface area contributed by atoms with Gasteiger partial charge in [0.1, 0.15) is 11.4 Å². The normalized spacial score (nSPS) is 10.7. The van der Waals surface area contributed by atoms with Crippen LogP contribution in [0.3, 0.4) is 0 Å². The van der Waals surface area contributed by atoms with E-state index in [-0.39, 0.29) is 8.46 Å². The molecule has 0 aromatic carbocycles. The zero-order valence-electron chi connectivity index (χ0n) is 11.0. The molecule has 0 bridgehead atoms. The Morgan fingerprint density at radius 2 is 1.57 bits per heavy atom. The summed E-state index contributed by atoms with van der Waals surface area (Å²) in [7, 11) is 0.0330. The lowest BCUT2D eigenvalue weighted by molar-refractivity contribution is 0.598. The molecule has 102 valence electrons. The first-order valence-corrected chi connectivity index (χ1v) is 7.37. The van der Waals surface area contributed by atoms with Gasteiger partial charge in [-0.25, -0.2) is 0 Å². The molecule has 0 saturated carbocycles. The number of hydrogen-bond donors (Lipinski definition) is 0. The summed E-state index contributed by atoms with van der Waals surface area (Å²) in [6.07, 6.45) is 3.76. The van der Waals surface area contributed by atoms with Gasteiger partial charge in [0.05, 0.1) is 17.5 Å². The van der Waals surface area contributed by atoms with Gasteiger partial charge in [0, 0.05) is 12.4 Å². The molecule has 3 aromatic heterocycles. The van der Waals surface area contributed by atoms with Crippen molar-refractivity contribution in [1.82, 2.24) is 20.2 Å². The van der Waals surface area contributed by atoms with Crippen LogP contribution in [-0.2, 0) is 10.7 Å². The molecule has 0 spiro atoms. The van der Waals surface area contributed by atoms with Gasteiger partial charge in [0.2, 0.25) is 0 Å². The van der Waals surface area contributed by atoms with Crippen molar-refractivity contribution in [2.24, 2.45) is 0 Å². The van der Waals surface area contributed by atoms with E-state index in [1.807, 2.05) is 42.5 Å². The van der Waals surface area contributed by atoms with E-state index in [4.69, 9.17) is 0 Å². The highest BCUT2D eigenvalue weighted by molar-refractivity contribution is 7.22. The monoisotopic (exact) mass is 294 g/mol. The van der Waals surface area contributed by atoms with Crippen molar-refractivity contribution in [3.8, 4) is 22.8 Å². The molecule has 0 fully saturated rings. The largest absolute Gasteiger partial charge is 0.275 e. The van der Waals surface area contributed by atoms with E-state index in [0.29, 0.717) is 17.5 Å². The molecule has 0 unspecified atom stereocenters. The highest BCUT2D eigenvalue weighted by atomic mass is 31.1. The maximum absolute atomic E-state index is 11.0. The molecule has 6 heteroatoms. The molecule has 0 N–H and O–H groups in total. The first kappa shape index (κ1) is 13.5. The van der Waals surface area contributed by atoms with Crippen LogP contribution >= 0.6 is 8.46 Å². The molecule has 0 aliphatic heterocycles. The van der Waals surface area contributed by atoms with Crippen LogP contribution in [0, 0.1) is 0 Å². The zero-order valence-corrected chi connectivity index (χ0v) is 11.9. The second kappa shape index (κ2) is 6.29. The fraction of sp³-hybridized carbons (Fsp3) is 0.0667. The second-order valence-electron chi connectivity index (χ2n) is 4.32. The van der Waals surface area contributed by atoms with Gasteiger partial charge < -0.3 is 0 Å². The van der Waals surface area contributed by atoms with Crippen molar-refractivity contribution in [1.29, 1.82) is 0 Å². The molecular formula is C15H11N4OP. The summed E-state index contributed by atoms with van der Waals surface area (Å²) in [5.74, 6) is 0. The van der Waals surface area contributed by atoms with Crippen molar-refractivity contribution in [2.45, 2.75) is 6.16 Å². The molecule has 3 aromatic rings. The Morgan fingerprint density at radius 1 is 0.857 bits per heavy atom. The Bertz CT molecular complexity index is 750. The predicted octanol–water partition coefficient (Wildman–Crippen LogP) is 3.39. The number of hydrogen-bond acceptors (Lipinski definition) is 5. The first-order chi connectivity index (χ1) is 10.4. The van der Waals surface area contributed by atoms with Gasteiger partial charge in [0.15, 0.2) is 8.46 Å². The van der Waals surface area contributed by atoms with Gasteiger partial charge in [0.25, 0.3) is 0 Å². The third-order valence-corrected chi connectivity index (χ3v) is 3.41. The molecule has 5 nitrogen and oxygen atoms in total. The molecule has 0 aliphatic rings. The molecule has 0 atom stereocenters. The molecule has 3 rings (SSSR count). The van der Waals surface area contributed by atoms with Gasteiger partial charge in [-0.1, -0.05) is 12.1 Å². The maximum atomic E-state index is 11.0. The third kappa shape index (κ3) is 2.98. The summed E-state index contributed by atoms with van der Waals surface area (Å²) in [4.78, 5) is 8.53. The number of rotatable bonds is 4. The quantitative estimate of drug-likeness (QED) is 0.690. The average molecular weight is 294 g/mol. The third-order valence-electron chi connectivity index (χ3n) is 2.94. The summed E-state index contributed by atoms with van der Waals surface area (Å²) in [6.45, 7) is 0. The molecule has 0 amide bonds. The SMILES string of the molecule is O=PCc1cc(-c2ccccn2)nnc1-c1ccccn1. The molecule has 0 saturated heterocycles. The van der Waals surface area contributed by atoms with Gasteiger partial charge >= 0.3 is 0 Å². The van der Waals surface area contributed by atoms with E-state index in [9.17, 15) is 4.57 Å². The first-order valence-electron chi connectivity index (χ1n) is 6.37. The fourth-order valence-corrected chi connectivity index (χ4v) is 2.36. The van der Waals surface area contributed by atoms with Crippen LogP contribution in [0.5, 0.6) is 0 Å². The Hall–Kier alpha value is -2.52. The fourth-order valence-electron chi connectivity index (χ4n) is 1.98. The number of pyridine rings is 2. The van der Waals surface area contributed by atoms with Crippen LogP contribution in [-0.4, -0.2) is 20.2 Å². The van der Waals surface area contributed by atoms with Crippen LogP contribution in [0.15, 0.2) is 54.9 Å². The van der Waals surface area contributed by atoms with Crippen LogP contribution in [0.25, 0.3) is 22.8 Å². The minimum atomic E-state index is 0.0330. The van der Waals surface area contributed by atoms with E-state index in [1.54, 1.807) is 12.4 Å². The van der Waals surface area contributed by atoms with Crippen LogP contribution in [0.1, 0.15) is 5.56 Å². The van der Waals surface area contributed by atoms with Crippen molar-refractivity contribution in [3.05, 3.63) is 60.4 Å². The van der Waals surface area contributed by atoms with E-state index < -0.39 is 0 Å². The average Bonchev–Trinajstić information content (AvgIpc) is 2.57. The molecule has 0 aliphatic carbocycles. The van der Waals surface area contributed by atoms with E-state index in [0.717, 1.165) is 17.0 Å². The van der Waals surface area contributed by atoms with Crippen molar-refractivity contribution in [2.75, 3.05) is 0 Å². The van der Waals surface area contributed by atoms with Crippen molar-refractivity contribution >= 4 is 8.46 Å². The van der Waals surface area contributed by atoms with Crippen LogP contribution in [0.2, 0.25) is 0 Å². The molecule has 21 heavy (non-hydrogen) atoms. The zero-order chi connectivity index (χ0) is 14.5. The summed E-state index contributed by atoms with van der Waals surface area (Å²) in [5, 5.41) is 8.46. The van der Waals surface area contributed by atoms with E-state index in [1.165, 1.54) is 0 Å². The Kier molecular flexibility index (Phi) is 4.03. The highest BCUT2D eigenvalue weighted by Gasteiger charge is 2.12. The summed E-state index contributed by atoms with van der Waals surface area (Å²) in [5.41, 5.74) is 3.60. The summed E-state index contributed by atoms with van der Waals surface area (Å²) < 4.78 is 11.0. The Morgan fingerprint density at radius 3 is 2.19 bits per heavy atom. The lowest BCUT2D eigenvalue weighted by Gasteiger charge is -2.06. The van der Waals surface area contributed by atoms with Crippen LogP contribution < -0.4 is 0 Å². The number of nitrogens with zero attached hydrogens (tertiary/aromatic N) is 4. The lowest BCUT2D eigenvalue weighted by Crippen LogP contribution is -1.98. The predicted molar refractivity (Wildman–Crippen MR) is 79.8 cm³/mol. The van der Waals surface area contributed by atoms with Gasteiger partial charge in [-0.05, 0) is 35.9 Å². The smallest absolute Gasteiger partial charge is 0.160 e. The van der Waals surface area contributed by atoms with Crippen molar-refractivity contribution in [3.63, 3.8) is 0 Å². The topological polar surface area (TPSA) is 68.6 Å². The molecular weight excluding hydrogens is 283 g/mol. The van der Waals surface area contributed by atoms with E-state index in [2.05, 4.69) is 20.2 Å². The second-order valence-corrected chi connectivity index (χ2v) is 4.90. The Labute approximate surface area is 123 Å². The standard InChI is InChI=1S/C15H11N4OP/c20-21-10-11-9-14(12-5-1-3-7-16-12)18-19-15(11)13-6-2-4-8-17-13/h1-9H,10H2. The molecule has 3 heterocycles. The highest BCUT2D eigenvalue weighted by Crippen LogP contribution is 2.25. The number of aromatic nitrogens is 4. The van der Waals surface area contributed by atoms with E-state index >= 15 is 0 Å². The Balaban J connectivity index is 2.09. The lowest BCUT2D eigenvalue weighted by atomic mass is 10.1. The minimum absolute atomic E-state index is 0.0330. The van der Waals surface area contributed by atoms with Gasteiger partial charge in [-0.2, -0.15) is 0 Å². The van der Waals surface area contributed by atoms with Gasteiger partial charge in [-0.15, -0.1) is 10.2 Å². The van der Waals surface area contributed by atoms with Gasteiger partial charge in [-0.3, -0.25) is 14.5 Å². The maximum Gasteiger partial charge on any atom is 0.160 e. The minimum Gasteiger partial charge on any atom is -0.275 e. The van der Waals surface area contributed by atoms with Crippen molar-refractivity contribution < 1.29 is 4.57 Å². The summed E-state index contributed by atoms with van der Waals surface area (Å²) in [6, 6.07) is 13.0. The summed E-state index contributed by atoms with van der Waals surface area (Å²) >= 11 is 0. The molecule has 0 radical (unpaired) electrons.